The van der Waals surface area contributed by atoms with Crippen LogP contribution >= 0.6 is 0 Å². The van der Waals surface area contributed by atoms with Crippen LogP contribution in [0.15, 0.2) is 18.2 Å². The molecule has 1 atom stereocenters. The maximum atomic E-state index is 12.7. The Kier molecular flexibility index (Phi) is 3.89. The normalized spacial score (nSPS) is 19.4. The molecular formula is C13H16F3N3O. The molecule has 2 rings (SSSR count). The van der Waals surface area contributed by atoms with E-state index in [0.717, 1.165) is 18.6 Å². The van der Waals surface area contributed by atoms with Gasteiger partial charge in [-0.05, 0) is 24.6 Å². The van der Waals surface area contributed by atoms with Crippen molar-refractivity contribution in [2.75, 3.05) is 25.1 Å². The summed E-state index contributed by atoms with van der Waals surface area (Å²) in [5.41, 5.74) is 5.28. The Hall–Kier alpha value is -1.76. The molecular weight excluding hydrogens is 271 g/mol. The number of halogens is 3. The van der Waals surface area contributed by atoms with Gasteiger partial charge in [-0.25, -0.2) is 0 Å². The lowest BCUT2D eigenvalue weighted by Crippen LogP contribution is -2.26. The van der Waals surface area contributed by atoms with Gasteiger partial charge in [-0.2, -0.15) is 13.2 Å². The number of methoxy groups -OCH3 is 1. The van der Waals surface area contributed by atoms with E-state index in [-0.39, 0.29) is 17.5 Å². The zero-order valence-corrected chi connectivity index (χ0v) is 11.0. The van der Waals surface area contributed by atoms with Crippen molar-refractivity contribution in [1.29, 1.82) is 5.41 Å². The number of anilines is 1. The summed E-state index contributed by atoms with van der Waals surface area (Å²) in [7, 11) is 1.60. The van der Waals surface area contributed by atoms with Crippen LogP contribution in [0.1, 0.15) is 17.5 Å². The lowest BCUT2D eigenvalue weighted by molar-refractivity contribution is -0.137. The zero-order valence-electron chi connectivity index (χ0n) is 11.0. The monoisotopic (exact) mass is 287 g/mol. The highest BCUT2D eigenvalue weighted by Gasteiger charge is 2.32. The molecule has 0 saturated carbocycles. The number of hydrogen-bond donors (Lipinski definition) is 2. The van der Waals surface area contributed by atoms with Gasteiger partial charge in [0.15, 0.2) is 0 Å². The van der Waals surface area contributed by atoms with Gasteiger partial charge in [0.1, 0.15) is 5.84 Å². The van der Waals surface area contributed by atoms with Gasteiger partial charge < -0.3 is 15.4 Å². The van der Waals surface area contributed by atoms with Crippen LogP contribution in [0.25, 0.3) is 0 Å². The number of hydrogen-bond acceptors (Lipinski definition) is 3. The van der Waals surface area contributed by atoms with E-state index in [9.17, 15) is 13.2 Å². The molecule has 1 heterocycles. The smallest absolute Gasteiger partial charge is 0.384 e. The van der Waals surface area contributed by atoms with Crippen LogP contribution < -0.4 is 10.6 Å². The van der Waals surface area contributed by atoms with Crippen molar-refractivity contribution in [3.63, 3.8) is 0 Å². The van der Waals surface area contributed by atoms with E-state index in [1.54, 1.807) is 7.11 Å². The molecule has 1 saturated heterocycles. The van der Waals surface area contributed by atoms with Crippen molar-refractivity contribution < 1.29 is 17.9 Å². The number of nitrogen functional groups attached to an aromatic ring is 1. The number of alkyl halides is 3. The predicted molar refractivity (Wildman–Crippen MR) is 70.1 cm³/mol. The van der Waals surface area contributed by atoms with E-state index in [2.05, 4.69) is 0 Å². The molecule has 1 aromatic rings. The summed E-state index contributed by atoms with van der Waals surface area (Å²) in [6.45, 7) is 1.26. The van der Waals surface area contributed by atoms with Crippen molar-refractivity contribution >= 4 is 11.5 Å². The van der Waals surface area contributed by atoms with E-state index in [1.165, 1.54) is 6.07 Å². The Balaban J connectivity index is 2.36. The fourth-order valence-corrected chi connectivity index (χ4v) is 2.34. The first-order valence-corrected chi connectivity index (χ1v) is 6.16. The fourth-order valence-electron chi connectivity index (χ4n) is 2.34. The Morgan fingerprint density at radius 1 is 1.45 bits per heavy atom. The molecule has 1 fully saturated rings. The third-order valence-corrected chi connectivity index (χ3v) is 3.43. The van der Waals surface area contributed by atoms with Gasteiger partial charge in [0.2, 0.25) is 0 Å². The Labute approximate surface area is 114 Å². The number of nitrogens with two attached hydrogens (primary N) is 1. The van der Waals surface area contributed by atoms with Crippen molar-refractivity contribution in [2.24, 2.45) is 5.73 Å². The second-order valence-electron chi connectivity index (χ2n) is 4.74. The molecule has 1 aromatic carbocycles. The maximum Gasteiger partial charge on any atom is 0.416 e. The molecule has 0 bridgehead atoms. The molecule has 110 valence electrons. The van der Waals surface area contributed by atoms with Gasteiger partial charge in [0, 0.05) is 31.5 Å². The summed E-state index contributed by atoms with van der Waals surface area (Å²) in [5.74, 6) is -0.369. The summed E-state index contributed by atoms with van der Waals surface area (Å²) in [6.07, 6.45) is -3.59. The zero-order chi connectivity index (χ0) is 14.9. The highest BCUT2D eigenvalue weighted by atomic mass is 19.4. The van der Waals surface area contributed by atoms with Crippen LogP contribution in [0.5, 0.6) is 0 Å². The quantitative estimate of drug-likeness (QED) is 0.662. The highest BCUT2D eigenvalue weighted by Crippen LogP contribution is 2.33. The summed E-state index contributed by atoms with van der Waals surface area (Å²) in [6, 6.07) is 3.32. The average molecular weight is 287 g/mol. The third kappa shape index (κ3) is 2.87. The number of ether oxygens (including phenoxy) is 1. The number of nitrogens with one attached hydrogen (secondary N) is 1. The first-order chi connectivity index (χ1) is 9.32. The van der Waals surface area contributed by atoms with E-state index < -0.39 is 11.7 Å². The van der Waals surface area contributed by atoms with E-state index in [4.69, 9.17) is 15.9 Å². The molecule has 0 amide bonds. The number of benzene rings is 1. The standard InChI is InChI=1S/C13H16F3N3O/c1-20-9-4-5-19(7-9)11-3-2-8(13(14,15)16)6-10(11)12(17)18/h2-3,6,9H,4-5,7H2,1H3,(H3,17,18). The fraction of sp³-hybridized carbons (Fsp3) is 0.462. The molecule has 1 aliphatic rings. The largest absolute Gasteiger partial charge is 0.416 e. The SMILES string of the molecule is COC1CCN(c2ccc(C(F)(F)F)cc2C(=N)N)C1. The van der Waals surface area contributed by atoms with Crippen molar-refractivity contribution in [1.82, 2.24) is 0 Å². The van der Waals surface area contributed by atoms with Gasteiger partial charge in [-0.15, -0.1) is 0 Å². The number of amidine groups is 1. The first kappa shape index (κ1) is 14.6. The Bertz CT molecular complexity index is 516. The van der Waals surface area contributed by atoms with Crippen LogP contribution in [-0.4, -0.2) is 32.1 Å². The van der Waals surface area contributed by atoms with Gasteiger partial charge in [-0.3, -0.25) is 5.41 Å². The molecule has 0 radical (unpaired) electrons. The van der Waals surface area contributed by atoms with Crippen molar-refractivity contribution in [2.45, 2.75) is 18.7 Å². The molecule has 0 spiro atoms. The third-order valence-electron chi connectivity index (χ3n) is 3.43. The van der Waals surface area contributed by atoms with Crippen LogP contribution in [0.4, 0.5) is 18.9 Å². The second-order valence-corrected chi connectivity index (χ2v) is 4.74. The van der Waals surface area contributed by atoms with Gasteiger partial charge >= 0.3 is 6.18 Å². The minimum atomic E-state index is -4.44. The minimum absolute atomic E-state index is 0.0529. The Morgan fingerprint density at radius 3 is 2.65 bits per heavy atom. The van der Waals surface area contributed by atoms with Crippen molar-refractivity contribution in [3.05, 3.63) is 29.3 Å². The van der Waals surface area contributed by atoms with Crippen LogP contribution in [-0.2, 0) is 10.9 Å². The van der Waals surface area contributed by atoms with Crippen LogP contribution in [0, 0.1) is 5.41 Å². The molecule has 4 nitrogen and oxygen atoms in total. The molecule has 0 aromatic heterocycles. The van der Waals surface area contributed by atoms with Gasteiger partial charge in [0.05, 0.1) is 11.7 Å². The first-order valence-electron chi connectivity index (χ1n) is 6.16. The average Bonchev–Trinajstić information content (AvgIpc) is 2.85. The number of nitrogens with zero attached hydrogens (tertiary/aromatic N) is 1. The van der Waals surface area contributed by atoms with Crippen molar-refractivity contribution in [3.8, 4) is 0 Å². The lowest BCUT2D eigenvalue weighted by atomic mass is 10.1. The molecule has 3 N–H and O–H groups in total. The summed E-state index contributed by atoms with van der Waals surface area (Å²) >= 11 is 0. The lowest BCUT2D eigenvalue weighted by Gasteiger charge is -2.22. The van der Waals surface area contributed by atoms with E-state index in [0.29, 0.717) is 18.8 Å². The van der Waals surface area contributed by atoms with Crippen LogP contribution in [0.2, 0.25) is 0 Å². The topological polar surface area (TPSA) is 62.3 Å². The van der Waals surface area contributed by atoms with Gasteiger partial charge in [-0.1, -0.05) is 0 Å². The van der Waals surface area contributed by atoms with Crippen LogP contribution in [0.3, 0.4) is 0 Å². The molecule has 0 aliphatic carbocycles. The number of rotatable bonds is 3. The summed E-state index contributed by atoms with van der Waals surface area (Å²) in [4.78, 5) is 1.89. The second kappa shape index (κ2) is 5.32. The molecule has 7 heteroatoms. The van der Waals surface area contributed by atoms with E-state index in [1.807, 2.05) is 4.90 Å². The predicted octanol–water partition coefficient (Wildman–Crippen LogP) is 2.21. The molecule has 1 unspecified atom stereocenters. The highest BCUT2D eigenvalue weighted by molar-refractivity contribution is 6.00. The summed E-state index contributed by atoms with van der Waals surface area (Å²) < 4.78 is 43.4. The maximum absolute atomic E-state index is 12.7. The molecule has 20 heavy (non-hydrogen) atoms. The van der Waals surface area contributed by atoms with Gasteiger partial charge in [0.25, 0.3) is 0 Å². The minimum Gasteiger partial charge on any atom is -0.384 e. The summed E-state index contributed by atoms with van der Waals surface area (Å²) in [5, 5.41) is 7.49. The Morgan fingerprint density at radius 2 is 2.15 bits per heavy atom. The van der Waals surface area contributed by atoms with E-state index >= 15 is 0 Å². The molecule has 1 aliphatic heterocycles.